The SMILES string of the molecule is CCNCCC(=O)N(C)CCCN(C)C. The molecule has 15 heavy (non-hydrogen) atoms. The van der Waals surface area contributed by atoms with Crippen molar-refractivity contribution in [1.82, 2.24) is 15.1 Å². The third-order valence-corrected chi connectivity index (χ3v) is 2.29. The van der Waals surface area contributed by atoms with Crippen molar-refractivity contribution < 1.29 is 4.79 Å². The van der Waals surface area contributed by atoms with Crippen LogP contribution in [0.15, 0.2) is 0 Å². The Bertz CT molecular complexity index is 171. The van der Waals surface area contributed by atoms with Gasteiger partial charge >= 0.3 is 0 Å². The van der Waals surface area contributed by atoms with Crippen LogP contribution in [0.3, 0.4) is 0 Å². The number of nitrogens with one attached hydrogen (secondary N) is 1. The monoisotopic (exact) mass is 215 g/mol. The first-order valence-corrected chi connectivity index (χ1v) is 5.67. The first-order chi connectivity index (χ1) is 7.07. The molecular formula is C11H25N3O. The Labute approximate surface area is 93.6 Å². The molecule has 90 valence electrons. The lowest BCUT2D eigenvalue weighted by molar-refractivity contribution is -0.129. The predicted octanol–water partition coefficient (Wildman–Crippen LogP) is 0.396. The maximum atomic E-state index is 11.6. The van der Waals surface area contributed by atoms with E-state index in [1.807, 2.05) is 33.0 Å². The number of rotatable bonds is 8. The number of amides is 1. The molecule has 1 N–H and O–H groups in total. The molecule has 0 unspecified atom stereocenters. The van der Waals surface area contributed by atoms with Gasteiger partial charge in [-0.1, -0.05) is 6.92 Å². The fourth-order valence-electron chi connectivity index (χ4n) is 1.31. The summed E-state index contributed by atoms with van der Waals surface area (Å²) in [5.74, 6) is 0.231. The van der Waals surface area contributed by atoms with Crippen molar-refractivity contribution in [3.63, 3.8) is 0 Å². The van der Waals surface area contributed by atoms with E-state index in [4.69, 9.17) is 0 Å². The number of hydrogen-bond donors (Lipinski definition) is 1. The number of carbonyl (C=O) groups is 1. The van der Waals surface area contributed by atoms with E-state index >= 15 is 0 Å². The zero-order valence-corrected chi connectivity index (χ0v) is 10.5. The van der Waals surface area contributed by atoms with Crippen molar-refractivity contribution in [3.8, 4) is 0 Å². The normalized spacial score (nSPS) is 10.7. The summed E-state index contributed by atoms with van der Waals surface area (Å²) in [5, 5.41) is 3.15. The van der Waals surface area contributed by atoms with Gasteiger partial charge in [0, 0.05) is 26.6 Å². The third-order valence-electron chi connectivity index (χ3n) is 2.29. The van der Waals surface area contributed by atoms with Gasteiger partial charge in [0.2, 0.25) is 5.91 Å². The van der Waals surface area contributed by atoms with Crippen LogP contribution in [0.2, 0.25) is 0 Å². The van der Waals surface area contributed by atoms with E-state index in [1.54, 1.807) is 0 Å². The molecule has 4 heteroatoms. The molecule has 0 saturated carbocycles. The Kier molecular flexibility index (Phi) is 8.33. The lowest BCUT2D eigenvalue weighted by Gasteiger charge is -2.18. The maximum absolute atomic E-state index is 11.6. The van der Waals surface area contributed by atoms with E-state index in [0.717, 1.165) is 32.6 Å². The molecule has 0 atom stereocenters. The van der Waals surface area contributed by atoms with Crippen LogP contribution < -0.4 is 5.32 Å². The summed E-state index contributed by atoms with van der Waals surface area (Å²) in [4.78, 5) is 15.5. The van der Waals surface area contributed by atoms with Crippen LogP contribution in [0.4, 0.5) is 0 Å². The Balaban J connectivity index is 3.51. The number of nitrogens with zero attached hydrogens (tertiary/aromatic N) is 2. The molecule has 0 saturated heterocycles. The fourth-order valence-corrected chi connectivity index (χ4v) is 1.31. The van der Waals surface area contributed by atoms with E-state index in [0.29, 0.717) is 6.42 Å². The number of hydrogen-bond acceptors (Lipinski definition) is 3. The van der Waals surface area contributed by atoms with Gasteiger partial charge in [0.1, 0.15) is 0 Å². The van der Waals surface area contributed by atoms with Crippen molar-refractivity contribution in [3.05, 3.63) is 0 Å². The Hall–Kier alpha value is -0.610. The second kappa shape index (κ2) is 8.68. The van der Waals surface area contributed by atoms with Gasteiger partial charge in [-0.15, -0.1) is 0 Å². The average Bonchev–Trinajstić information content (AvgIpc) is 2.17. The Morgan fingerprint density at radius 2 is 1.87 bits per heavy atom. The van der Waals surface area contributed by atoms with Crippen molar-refractivity contribution in [2.75, 3.05) is 47.3 Å². The zero-order valence-electron chi connectivity index (χ0n) is 10.5. The minimum Gasteiger partial charge on any atom is -0.346 e. The highest BCUT2D eigenvalue weighted by Gasteiger charge is 2.07. The standard InChI is InChI=1S/C11H25N3O/c1-5-12-8-7-11(15)14(4)10-6-9-13(2)3/h12H,5-10H2,1-4H3. The van der Waals surface area contributed by atoms with Crippen molar-refractivity contribution in [1.29, 1.82) is 0 Å². The molecule has 1 amide bonds. The molecule has 0 bridgehead atoms. The summed E-state index contributed by atoms with van der Waals surface area (Å²) in [6.45, 7) is 5.64. The van der Waals surface area contributed by atoms with Crippen molar-refractivity contribution >= 4 is 5.91 Å². The fraction of sp³-hybridized carbons (Fsp3) is 0.909. The van der Waals surface area contributed by atoms with Gasteiger partial charge in [0.05, 0.1) is 0 Å². The van der Waals surface area contributed by atoms with Crippen LogP contribution in [0, 0.1) is 0 Å². The maximum Gasteiger partial charge on any atom is 0.223 e. The second-order valence-corrected chi connectivity index (χ2v) is 4.08. The first-order valence-electron chi connectivity index (χ1n) is 5.67. The van der Waals surface area contributed by atoms with E-state index < -0.39 is 0 Å². The summed E-state index contributed by atoms with van der Waals surface area (Å²) >= 11 is 0. The highest BCUT2D eigenvalue weighted by molar-refractivity contribution is 5.75. The largest absolute Gasteiger partial charge is 0.346 e. The minimum absolute atomic E-state index is 0.231. The molecule has 0 aliphatic rings. The molecule has 0 aliphatic carbocycles. The van der Waals surface area contributed by atoms with Crippen LogP contribution >= 0.6 is 0 Å². The van der Waals surface area contributed by atoms with Gasteiger partial charge in [-0.2, -0.15) is 0 Å². The third kappa shape index (κ3) is 8.39. The lowest BCUT2D eigenvalue weighted by atomic mass is 10.3. The van der Waals surface area contributed by atoms with Gasteiger partial charge in [-0.05, 0) is 33.6 Å². The molecule has 0 aliphatic heterocycles. The average molecular weight is 215 g/mol. The quantitative estimate of drug-likeness (QED) is 0.595. The molecule has 0 heterocycles. The van der Waals surface area contributed by atoms with E-state index in [-0.39, 0.29) is 5.91 Å². The molecule has 0 aromatic carbocycles. The van der Waals surface area contributed by atoms with E-state index in [9.17, 15) is 4.79 Å². The van der Waals surface area contributed by atoms with Crippen molar-refractivity contribution in [2.24, 2.45) is 0 Å². The molecule has 4 nitrogen and oxygen atoms in total. The van der Waals surface area contributed by atoms with Gasteiger partial charge < -0.3 is 15.1 Å². The second-order valence-electron chi connectivity index (χ2n) is 4.08. The summed E-state index contributed by atoms with van der Waals surface area (Å²) in [6, 6.07) is 0. The topological polar surface area (TPSA) is 35.6 Å². The smallest absolute Gasteiger partial charge is 0.223 e. The van der Waals surface area contributed by atoms with Crippen LogP contribution in [0.25, 0.3) is 0 Å². The summed E-state index contributed by atoms with van der Waals surface area (Å²) in [5.41, 5.74) is 0. The summed E-state index contributed by atoms with van der Waals surface area (Å²) in [6.07, 6.45) is 1.64. The molecule has 0 rings (SSSR count). The van der Waals surface area contributed by atoms with Crippen LogP contribution in [0.5, 0.6) is 0 Å². The molecule has 0 aromatic heterocycles. The van der Waals surface area contributed by atoms with Gasteiger partial charge in [0.15, 0.2) is 0 Å². The molecule has 0 fully saturated rings. The predicted molar refractivity (Wildman–Crippen MR) is 64.0 cm³/mol. The van der Waals surface area contributed by atoms with Crippen LogP contribution in [0.1, 0.15) is 19.8 Å². The summed E-state index contributed by atoms with van der Waals surface area (Å²) in [7, 11) is 5.98. The summed E-state index contributed by atoms with van der Waals surface area (Å²) < 4.78 is 0. The van der Waals surface area contributed by atoms with E-state index in [1.165, 1.54) is 0 Å². The van der Waals surface area contributed by atoms with Gasteiger partial charge in [0.25, 0.3) is 0 Å². The lowest BCUT2D eigenvalue weighted by Crippen LogP contribution is -2.32. The minimum atomic E-state index is 0.231. The van der Waals surface area contributed by atoms with Crippen LogP contribution in [-0.2, 0) is 4.79 Å². The molecule has 0 spiro atoms. The molecule has 0 radical (unpaired) electrons. The number of carbonyl (C=O) groups excluding carboxylic acids is 1. The van der Waals surface area contributed by atoms with Crippen LogP contribution in [-0.4, -0.2) is 63.0 Å². The molecule has 0 aromatic rings. The highest BCUT2D eigenvalue weighted by atomic mass is 16.2. The van der Waals surface area contributed by atoms with Gasteiger partial charge in [-0.3, -0.25) is 4.79 Å². The zero-order chi connectivity index (χ0) is 11.7. The Morgan fingerprint density at radius 1 is 1.20 bits per heavy atom. The molecular weight excluding hydrogens is 190 g/mol. The van der Waals surface area contributed by atoms with Gasteiger partial charge in [-0.25, -0.2) is 0 Å². The Morgan fingerprint density at radius 3 is 2.40 bits per heavy atom. The highest BCUT2D eigenvalue weighted by Crippen LogP contribution is 1.93. The van der Waals surface area contributed by atoms with Crippen molar-refractivity contribution in [2.45, 2.75) is 19.8 Å². The first kappa shape index (κ1) is 14.4. The van der Waals surface area contributed by atoms with E-state index in [2.05, 4.69) is 10.2 Å².